The average molecular weight is 755 g/mol. The van der Waals surface area contributed by atoms with Gasteiger partial charge in [-0.25, -0.2) is 15.0 Å². The number of hydrogen-bond acceptors (Lipinski definition) is 4. The molecule has 1 heterocycles. The van der Waals surface area contributed by atoms with Crippen LogP contribution in [-0.2, 0) is 5.41 Å². The van der Waals surface area contributed by atoms with Crippen LogP contribution in [0.2, 0.25) is 0 Å². The molecule has 0 unspecified atom stereocenters. The zero-order valence-electron chi connectivity index (χ0n) is 32.8. The number of aromatic nitrogens is 3. The normalized spacial score (nSPS) is 12.4. The van der Waals surface area contributed by atoms with Gasteiger partial charge in [0.2, 0.25) is 0 Å². The Morgan fingerprint density at radius 3 is 1.29 bits per heavy atom. The summed E-state index contributed by atoms with van der Waals surface area (Å²) in [6, 6.07) is 69.9. The van der Waals surface area contributed by atoms with E-state index in [0.717, 1.165) is 66.8 Å². The molecule has 0 spiro atoms. The number of nitrogens with zero attached hydrogens (tertiary/aromatic N) is 4. The molecule has 4 nitrogen and oxygen atoms in total. The molecular formula is C55H38N4. The smallest absolute Gasteiger partial charge is 0.164 e. The highest BCUT2D eigenvalue weighted by atomic mass is 15.0. The van der Waals surface area contributed by atoms with Gasteiger partial charge in [0.1, 0.15) is 0 Å². The van der Waals surface area contributed by atoms with Crippen LogP contribution in [0.5, 0.6) is 0 Å². The van der Waals surface area contributed by atoms with E-state index in [1.807, 2.05) is 54.6 Å². The van der Waals surface area contributed by atoms with Crippen LogP contribution in [-0.4, -0.2) is 15.0 Å². The summed E-state index contributed by atoms with van der Waals surface area (Å²) in [5.41, 5.74) is 17.0. The second-order valence-corrected chi connectivity index (χ2v) is 15.6. The molecule has 1 aliphatic carbocycles. The largest absolute Gasteiger partial charge is 0.208 e. The summed E-state index contributed by atoms with van der Waals surface area (Å²) in [5.74, 6) is 1.84. The quantitative estimate of drug-likeness (QED) is 0.163. The van der Waals surface area contributed by atoms with Crippen LogP contribution in [0.15, 0.2) is 194 Å². The number of rotatable bonds is 7. The highest BCUT2D eigenvalue weighted by Crippen LogP contribution is 2.50. The van der Waals surface area contributed by atoms with Crippen molar-refractivity contribution in [2.24, 2.45) is 0 Å². The summed E-state index contributed by atoms with van der Waals surface area (Å²) >= 11 is 0. The zero-order valence-corrected chi connectivity index (χ0v) is 32.8. The van der Waals surface area contributed by atoms with E-state index in [9.17, 15) is 5.26 Å². The van der Waals surface area contributed by atoms with Crippen LogP contribution in [0.1, 0.15) is 30.5 Å². The van der Waals surface area contributed by atoms with Crippen LogP contribution in [0.3, 0.4) is 0 Å². The van der Waals surface area contributed by atoms with Crippen molar-refractivity contribution < 1.29 is 0 Å². The molecule has 9 aromatic rings. The second kappa shape index (κ2) is 14.6. The highest BCUT2D eigenvalue weighted by molar-refractivity contribution is 5.86. The molecule has 59 heavy (non-hydrogen) atoms. The Kier molecular flexibility index (Phi) is 8.85. The van der Waals surface area contributed by atoms with Gasteiger partial charge >= 0.3 is 0 Å². The lowest BCUT2D eigenvalue weighted by atomic mass is 9.82. The maximum Gasteiger partial charge on any atom is 0.164 e. The molecule has 4 heteroatoms. The topological polar surface area (TPSA) is 62.5 Å². The minimum absolute atomic E-state index is 0.135. The van der Waals surface area contributed by atoms with Crippen molar-refractivity contribution in [3.63, 3.8) is 0 Å². The maximum atomic E-state index is 9.68. The molecule has 1 aromatic heterocycles. The number of nitriles is 1. The summed E-state index contributed by atoms with van der Waals surface area (Å²) in [6.45, 7) is 4.53. The molecule has 0 bridgehead atoms. The first-order valence-electron chi connectivity index (χ1n) is 19.9. The number of hydrogen-bond donors (Lipinski definition) is 0. The zero-order chi connectivity index (χ0) is 39.9. The molecular weight excluding hydrogens is 717 g/mol. The third kappa shape index (κ3) is 6.69. The van der Waals surface area contributed by atoms with Crippen molar-refractivity contribution in [1.82, 2.24) is 15.0 Å². The summed E-state index contributed by atoms with van der Waals surface area (Å²) in [7, 11) is 0. The highest BCUT2D eigenvalue weighted by Gasteiger charge is 2.35. The molecule has 10 rings (SSSR count). The Morgan fingerprint density at radius 1 is 0.339 bits per heavy atom. The fourth-order valence-electron chi connectivity index (χ4n) is 8.44. The van der Waals surface area contributed by atoms with Gasteiger partial charge in [-0.2, -0.15) is 5.26 Å². The van der Waals surface area contributed by atoms with Crippen molar-refractivity contribution >= 4 is 0 Å². The fraction of sp³-hybridized carbons (Fsp3) is 0.0545. The van der Waals surface area contributed by atoms with E-state index in [4.69, 9.17) is 15.0 Å². The standard InChI is InChI=1S/C55H38N4/c1-55(2)50-26-24-36(35-56)28-48(50)49-34-43(25-27-51(49)55)41-21-12-20-40(29-41)42-22-13-23-44(30-42)53-57-52(39-18-10-5-11-19-39)58-54(59-53)47-32-45(37-14-6-3-7-15-37)31-46(33-47)38-16-8-4-9-17-38/h3-34H,1-2H3. The van der Waals surface area contributed by atoms with Gasteiger partial charge in [0.25, 0.3) is 0 Å². The van der Waals surface area contributed by atoms with Gasteiger partial charge in [-0.1, -0.05) is 159 Å². The van der Waals surface area contributed by atoms with Gasteiger partial charge in [-0.05, 0) is 115 Å². The fourth-order valence-corrected chi connectivity index (χ4v) is 8.44. The molecule has 278 valence electrons. The minimum atomic E-state index is -0.135. The van der Waals surface area contributed by atoms with E-state index in [0.29, 0.717) is 23.0 Å². The Morgan fingerprint density at radius 2 is 0.729 bits per heavy atom. The van der Waals surface area contributed by atoms with Crippen molar-refractivity contribution in [3.05, 3.63) is 211 Å². The van der Waals surface area contributed by atoms with E-state index < -0.39 is 0 Å². The van der Waals surface area contributed by atoms with Gasteiger partial charge in [-0.15, -0.1) is 0 Å². The molecule has 0 atom stereocenters. The SMILES string of the molecule is CC1(C)c2ccc(C#N)cc2-c2cc(-c3cccc(-c4cccc(-c5nc(-c6ccccc6)nc(-c6cc(-c7ccccc7)cc(-c7ccccc7)c6)n5)c4)c3)ccc21. The summed E-state index contributed by atoms with van der Waals surface area (Å²) < 4.78 is 0. The Hall–Kier alpha value is -7.74. The molecule has 0 saturated heterocycles. The first kappa shape index (κ1) is 35.7. The van der Waals surface area contributed by atoms with Crippen molar-refractivity contribution in [3.8, 4) is 95.9 Å². The third-order valence-electron chi connectivity index (χ3n) is 11.5. The van der Waals surface area contributed by atoms with Crippen LogP contribution in [0.25, 0.3) is 89.8 Å². The van der Waals surface area contributed by atoms with Gasteiger partial charge in [0, 0.05) is 22.1 Å². The average Bonchev–Trinajstić information content (AvgIpc) is 3.54. The van der Waals surface area contributed by atoms with Crippen molar-refractivity contribution in [1.29, 1.82) is 5.26 Å². The van der Waals surface area contributed by atoms with Crippen molar-refractivity contribution in [2.45, 2.75) is 19.3 Å². The predicted octanol–water partition coefficient (Wildman–Crippen LogP) is 13.7. The Bertz CT molecular complexity index is 3010. The Balaban J connectivity index is 1.06. The van der Waals surface area contributed by atoms with Crippen LogP contribution in [0.4, 0.5) is 0 Å². The summed E-state index contributed by atoms with van der Waals surface area (Å²) in [6.07, 6.45) is 0. The lowest BCUT2D eigenvalue weighted by Gasteiger charge is -2.21. The van der Waals surface area contributed by atoms with Gasteiger partial charge in [-0.3, -0.25) is 0 Å². The van der Waals surface area contributed by atoms with E-state index >= 15 is 0 Å². The molecule has 1 aliphatic rings. The van der Waals surface area contributed by atoms with Crippen LogP contribution in [0, 0.1) is 11.3 Å². The first-order chi connectivity index (χ1) is 28.9. The number of benzene rings is 8. The van der Waals surface area contributed by atoms with Crippen molar-refractivity contribution in [2.75, 3.05) is 0 Å². The first-order valence-corrected chi connectivity index (χ1v) is 19.9. The maximum absolute atomic E-state index is 9.68. The van der Waals surface area contributed by atoms with E-state index in [-0.39, 0.29) is 5.41 Å². The van der Waals surface area contributed by atoms with E-state index in [1.165, 1.54) is 16.7 Å². The van der Waals surface area contributed by atoms with Crippen LogP contribution < -0.4 is 0 Å². The van der Waals surface area contributed by atoms with Gasteiger partial charge < -0.3 is 0 Å². The lowest BCUT2D eigenvalue weighted by molar-refractivity contribution is 0.660. The van der Waals surface area contributed by atoms with Crippen LogP contribution >= 0.6 is 0 Å². The molecule has 0 N–H and O–H groups in total. The van der Waals surface area contributed by atoms with Gasteiger partial charge in [0.05, 0.1) is 11.6 Å². The Labute approximate surface area is 344 Å². The minimum Gasteiger partial charge on any atom is -0.208 e. The second-order valence-electron chi connectivity index (χ2n) is 15.6. The molecule has 0 fully saturated rings. The molecule has 8 aromatic carbocycles. The summed E-state index contributed by atoms with van der Waals surface area (Å²) in [4.78, 5) is 15.4. The molecule has 0 radical (unpaired) electrons. The third-order valence-corrected chi connectivity index (χ3v) is 11.5. The molecule has 0 saturated carbocycles. The van der Waals surface area contributed by atoms with Gasteiger partial charge in [0.15, 0.2) is 17.5 Å². The predicted molar refractivity (Wildman–Crippen MR) is 240 cm³/mol. The van der Waals surface area contributed by atoms with E-state index in [1.54, 1.807) is 0 Å². The number of fused-ring (bicyclic) bond motifs is 3. The monoisotopic (exact) mass is 754 g/mol. The molecule has 0 aliphatic heterocycles. The molecule has 0 amide bonds. The summed E-state index contributed by atoms with van der Waals surface area (Å²) in [5, 5.41) is 9.68. The lowest BCUT2D eigenvalue weighted by Crippen LogP contribution is -2.14. The van der Waals surface area contributed by atoms with E-state index in [2.05, 4.69) is 159 Å².